The van der Waals surface area contributed by atoms with Gasteiger partial charge in [-0.1, -0.05) is 43.7 Å². The highest BCUT2D eigenvalue weighted by atomic mass is 32.2. The van der Waals surface area contributed by atoms with E-state index in [0.717, 1.165) is 38.8 Å². The van der Waals surface area contributed by atoms with Crippen LogP contribution in [0, 0.1) is 0 Å². The molecular formula is C17H19N3S. The highest BCUT2D eigenvalue weighted by Gasteiger charge is 2.08. The number of hydrogen-bond donors (Lipinski definition) is 2. The third kappa shape index (κ3) is 3.05. The molecule has 0 amide bonds. The van der Waals surface area contributed by atoms with E-state index in [0.29, 0.717) is 0 Å². The Kier molecular flexibility index (Phi) is 4.15. The van der Waals surface area contributed by atoms with E-state index in [-0.39, 0.29) is 0 Å². The molecule has 3 aromatic rings. The maximum Gasteiger partial charge on any atom is 0.138 e. The number of fused-ring (bicyclic) bond motifs is 1. The molecule has 3 rings (SSSR count). The van der Waals surface area contributed by atoms with Gasteiger partial charge in [-0.05, 0) is 24.3 Å². The number of unbranched alkanes of at least 4 members (excludes halogenated alkanes) is 1. The summed E-state index contributed by atoms with van der Waals surface area (Å²) in [6.45, 7) is 2.20. The van der Waals surface area contributed by atoms with Crippen molar-refractivity contribution < 1.29 is 0 Å². The largest absolute Gasteiger partial charge is 0.398 e. The first-order valence-corrected chi connectivity index (χ1v) is 8.24. The van der Waals surface area contributed by atoms with Gasteiger partial charge in [0.25, 0.3) is 0 Å². The summed E-state index contributed by atoms with van der Waals surface area (Å²) in [6, 6.07) is 14.2. The van der Waals surface area contributed by atoms with Crippen LogP contribution in [0.4, 0.5) is 5.69 Å². The fraction of sp³-hybridized carbons (Fsp3) is 0.235. The Labute approximate surface area is 129 Å². The maximum absolute atomic E-state index is 6.15. The number of rotatable bonds is 5. The van der Waals surface area contributed by atoms with Crippen LogP contribution in [0.25, 0.3) is 22.4 Å². The smallest absolute Gasteiger partial charge is 0.138 e. The average Bonchev–Trinajstić information content (AvgIpc) is 2.91. The lowest BCUT2D eigenvalue weighted by atomic mass is 10.2. The highest BCUT2D eigenvalue weighted by Crippen LogP contribution is 2.31. The number of nitrogens with two attached hydrogens (primary N) is 1. The van der Waals surface area contributed by atoms with Gasteiger partial charge in [0.2, 0.25) is 0 Å². The Bertz CT molecular complexity index is 734. The molecule has 3 N–H and O–H groups in total. The van der Waals surface area contributed by atoms with Gasteiger partial charge in [-0.15, -0.1) is 11.8 Å². The van der Waals surface area contributed by atoms with E-state index in [2.05, 4.69) is 35.1 Å². The molecule has 0 atom stereocenters. The molecule has 0 aliphatic rings. The van der Waals surface area contributed by atoms with Crippen LogP contribution in [0.15, 0.2) is 47.4 Å². The molecule has 21 heavy (non-hydrogen) atoms. The maximum atomic E-state index is 6.15. The lowest BCUT2D eigenvalue weighted by molar-refractivity contribution is 0.896. The number of aromatic nitrogens is 2. The number of imidazole rings is 1. The second-order valence-electron chi connectivity index (χ2n) is 5.06. The van der Waals surface area contributed by atoms with Gasteiger partial charge in [0.15, 0.2) is 0 Å². The summed E-state index contributed by atoms with van der Waals surface area (Å²) in [5.74, 6) is 1.99. The molecule has 0 radical (unpaired) electrons. The molecule has 0 saturated carbocycles. The van der Waals surface area contributed by atoms with E-state index < -0.39 is 0 Å². The molecule has 1 aromatic heterocycles. The molecule has 1 heterocycles. The first kappa shape index (κ1) is 14.0. The van der Waals surface area contributed by atoms with Crippen LogP contribution >= 0.6 is 11.8 Å². The molecule has 0 saturated heterocycles. The summed E-state index contributed by atoms with van der Waals surface area (Å²) < 4.78 is 0. The van der Waals surface area contributed by atoms with Crippen molar-refractivity contribution in [3.63, 3.8) is 0 Å². The van der Waals surface area contributed by atoms with Crippen LogP contribution in [0.2, 0.25) is 0 Å². The minimum absolute atomic E-state index is 0.826. The lowest BCUT2D eigenvalue weighted by Gasteiger charge is -2.04. The predicted octanol–water partition coefficient (Wildman–Crippen LogP) is 4.70. The number of nitrogens with zero attached hydrogens (tertiary/aromatic N) is 1. The van der Waals surface area contributed by atoms with Crippen molar-refractivity contribution in [1.82, 2.24) is 9.97 Å². The van der Waals surface area contributed by atoms with Gasteiger partial charge in [0.05, 0.1) is 11.0 Å². The molecular weight excluding hydrogens is 278 g/mol. The molecule has 0 aliphatic heterocycles. The van der Waals surface area contributed by atoms with E-state index >= 15 is 0 Å². The Hall–Kier alpha value is -1.94. The van der Waals surface area contributed by atoms with Crippen LogP contribution in [-0.4, -0.2) is 15.7 Å². The molecule has 4 heteroatoms. The predicted molar refractivity (Wildman–Crippen MR) is 91.6 cm³/mol. The Morgan fingerprint density at radius 2 is 2.00 bits per heavy atom. The zero-order valence-electron chi connectivity index (χ0n) is 12.1. The van der Waals surface area contributed by atoms with E-state index in [4.69, 9.17) is 5.73 Å². The number of thioether (sulfide) groups is 1. The molecule has 0 spiro atoms. The normalized spacial score (nSPS) is 11.1. The Balaban J connectivity index is 1.94. The summed E-state index contributed by atoms with van der Waals surface area (Å²) in [7, 11) is 0. The topological polar surface area (TPSA) is 54.7 Å². The van der Waals surface area contributed by atoms with E-state index in [1.165, 1.54) is 12.8 Å². The summed E-state index contributed by atoms with van der Waals surface area (Å²) >= 11 is 1.81. The van der Waals surface area contributed by atoms with Gasteiger partial charge in [0, 0.05) is 16.1 Å². The van der Waals surface area contributed by atoms with Crippen molar-refractivity contribution >= 4 is 28.5 Å². The van der Waals surface area contributed by atoms with Crippen LogP contribution < -0.4 is 5.73 Å². The number of anilines is 1. The van der Waals surface area contributed by atoms with E-state index in [9.17, 15) is 0 Å². The van der Waals surface area contributed by atoms with Gasteiger partial charge in [0.1, 0.15) is 5.82 Å². The number of benzene rings is 2. The van der Waals surface area contributed by atoms with Gasteiger partial charge >= 0.3 is 0 Å². The SMILES string of the molecule is CCCCSc1cc2nc(-c3ccccc3)[nH]c2cc1N. The Morgan fingerprint density at radius 3 is 2.76 bits per heavy atom. The minimum atomic E-state index is 0.826. The Morgan fingerprint density at radius 1 is 1.19 bits per heavy atom. The molecule has 0 bridgehead atoms. The summed E-state index contributed by atoms with van der Waals surface area (Å²) in [5.41, 5.74) is 10.0. The first-order valence-electron chi connectivity index (χ1n) is 7.25. The van der Waals surface area contributed by atoms with Crippen molar-refractivity contribution in [3.8, 4) is 11.4 Å². The van der Waals surface area contributed by atoms with Crippen molar-refractivity contribution in [1.29, 1.82) is 0 Å². The summed E-state index contributed by atoms with van der Waals surface area (Å²) in [5, 5.41) is 0. The van der Waals surface area contributed by atoms with Crippen molar-refractivity contribution in [3.05, 3.63) is 42.5 Å². The molecule has 0 unspecified atom stereocenters. The van der Waals surface area contributed by atoms with Crippen LogP contribution in [0.1, 0.15) is 19.8 Å². The fourth-order valence-corrected chi connectivity index (χ4v) is 3.31. The highest BCUT2D eigenvalue weighted by molar-refractivity contribution is 7.99. The van der Waals surface area contributed by atoms with Crippen LogP contribution in [0.3, 0.4) is 0 Å². The molecule has 0 fully saturated rings. The van der Waals surface area contributed by atoms with Crippen LogP contribution in [-0.2, 0) is 0 Å². The van der Waals surface area contributed by atoms with Crippen LogP contribution in [0.5, 0.6) is 0 Å². The van der Waals surface area contributed by atoms with Gasteiger partial charge < -0.3 is 10.7 Å². The van der Waals surface area contributed by atoms with Crippen molar-refractivity contribution in [2.24, 2.45) is 0 Å². The standard InChI is InChI=1S/C17H19N3S/c1-2-3-9-21-16-11-15-14(10-13(16)18)19-17(20-15)12-7-5-4-6-8-12/h4-8,10-11H,2-3,9,18H2,1H3,(H,19,20). The minimum Gasteiger partial charge on any atom is -0.398 e. The number of nitrogens with one attached hydrogen (secondary N) is 1. The third-order valence-corrected chi connectivity index (χ3v) is 4.57. The quantitative estimate of drug-likeness (QED) is 0.407. The summed E-state index contributed by atoms with van der Waals surface area (Å²) in [6.07, 6.45) is 2.41. The monoisotopic (exact) mass is 297 g/mol. The van der Waals surface area contributed by atoms with Gasteiger partial charge in [-0.25, -0.2) is 4.98 Å². The number of H-pyrrole nitrogens is 1. The van der Waals surface area contributed by atoms with E-state index in [1.54, 1.807) is 0 Å². The first-order chi connectivity index (χ1) is 10.3. The van der Waals surface area contributed by atoms with Gasteiger partial charge in [-0.2, -0.15) is 0 Å². The lowest BCUT2D eigenvalue weighted by Crippen LogP contribution is -1.89. The van der Waals surface area contributed by atoms with Crippen molar-refractivity contribution in [2.45, 2.75) is 24.7 Å². The number of nitrogen functional groups attached to an aromatic ring is 1. The molecule has 2 aromatic carbocycles. The molecule has 3 nitrogen and oxygen atoms in total. The zero-order valence-corrected chi connectivity index (χ0v) is 12.9. The van der Waals surface area contributed by atoms with E-state index in [1.807, 2.05) is 36.0 Å². The summed E-state index contributed by atoms with van der Waals surface area (Å²) in [4.78, 5) is 9.16. The van der Waals surface area contributed by atoms with Gasteiger partial charge in [-0.3, -0.25) is 0 Å². The zero-order chi connectivity index (χ0) is 14.7. The third-order valence-electron chi connectivity index (χ3n) is 3.42. The van der Waals surface area contributed by atoms with Crippen molar-refractivity contribution in [2.75, 3.05) is 11.5 Å². The second-order valence-corrected chi connectivity index (χ2v) is 6.20. The average molecular weight is 297 g/mol. The number of hydrogen-bond acceptors (Lipinski definition) is 3. The number of aromatic amines is 1. The molecule has 0 aliphatic carbocycles. The second kappa shape index (κ2) is 6.22. The molecule has 108 valence electrons. The fourth-order valence-electron chi connectivity index (χ4n) is 2.24.